The van der Waals surface area contributed by atoms with Crippen LogP contribution in [0, 0.1) is 5.82 Å². The Hall–Kier alpha value is -4.26. The molecular weight excluding hydrogens is 407 g/mol. The number of hydrogen-bond donors (Lipinski definition) is 2. The standard InChI is InChI=1S/C25H21FN4O2/c26-22-11-9-18(10-12-22)25(32)29-23-8-3-7-19(15-23)24(31)27-16-20-5-1-2-6-21(20)17-30-14-4-13-28-30/h1-15H,16-17H2,(H,27,31)(H,29,32). The molecule has 4 aromatic rings. The van der Waals surface area contributed by atoms with Crippen LogP contribution < -0.4 is 10.6 Å². The first-order valence-electron chi connectivity index (χ1n) is 10.1. The molecule has 0 atom stereocenters. The second-order valence-electron chi connectivity index (χ2n) is 7.20. The van der Waals surface area contributed by atoms with Crippen LogP contribution in [0.3, 0.4) is 0 Å². The molecule has 1 heterocycles. The SMILES string of the molecule is O=C(NCc1ccccc1Cn1cccn1)c1cccc(NC(=O)c2ccc(F)cc2)c1. The first-order chi connectivity index (χ1) is 15.6. The van der Waals surface area contributed by atoms with E-state index in [-0.39, 0.29) is 11.8 Å². The summed E-state index contributed by atoms with van der Waals surface area (Å²) in [6.45, 7) is 0.979. The number of nitrogens with zero attached hydrogens (tertiary/aromatic N) is 2. The summed E-state index contributed by atoms with van der Waals surface area (Å²) in [6.07, 6.45) is 3.62. The van der Waals surface area contributed by atoms with E-state index in [0.717, 1.165) is 11.1 Å². The molecule has 4 rings (SSSR count). The molecule has 1 aromatic heterocycles. The average molecular weight is 428 g/mol. The molecule has 32 heavy (non-hydrogen) atoms. The Kier molecular flexibility index (Phi) is 6.36. The molecule has 7 heteroatoms. The summed E-state index contributed by atoms with van der Waals surface area (Å²) in [5, 5.41) is 9.89. The number of aromatic nitrogens is 2. The minimum atomic E-state index is -0.411. The Labute approximate surface area is 184 Å². The van der Waals surface area contributed by atoms with Crippen LogP contribution in [0.1, 0.15) is 31.8 Å². The first kappa shape index (κ1) is 21.0. The summed E-state index contributed by atoms with van der Waals surface area (Å²) < 4.78 is 14.9. The number of hydrogen-bond acceptors (Lipinski definition) is 3. The van der Waals surface area contributed by atoms with Gasteiger partial charge in [-0.25, -0.2) is 4.39 Å². The highest BCUT2D eigenvalue weighted by Gasteiger charge is 2.11. The van der Waals surface area contributed by atoms with Gasteiger partial charge in [0.05, 0.1) is 6.54 Å². The lowest BCUT2D eigenvalue weighted by molar-refractivity contribution is 0.0949. The highest BCUT2D eigenvalue weighted by Crippen LogP contribution is 2.14. The summed E-state index contributed by atoms with van der Waals surface area (Å²) in [7, 11) is 0. The lowest BCUT2D eigenvalue weighted by Gasteiger charge is -2.12. The maximum absolute atomic E-state index is 13.1. The molecule has 3 aromatic carbocycles. The van der Waals surface area contributed by atoms with Crippen LogP contribution in [-0.4, -0.2) is 21.6 Å². The van der Waals surface area contributed by atoms with E-state index >= 15 is 0 Å². The van der Waals surface area contributed by atoms with Gasteiger partial charge in [0.25, 0.3) is 11.8 Å². The minimum Gasteiger partial charge on any atom is -0.348 e. The molecule has 0 unspecified atom stereocenters. The van der Waals surface area contributed by atoms with Crippen molar-refractivity contribution in [1.82, 2.24) is 15.1 Å². The summed E-state index contributed by atoms with van der Waals surface area (Å²) >= 11 is 0. The second kappa shape index (κ2) is 9.70. The quantitative estimate of drug-likeness (QED) is 0.462. The average Bonchev–Trinajstić information content (AvgIpc) is 3.32. The summed E-state index contributed by atoms with van der Waals surface area (Å²) in [4.78, 5) is 25.1. The van der Waals surface area contributed by atoms with Crippen molar-refractivity contribution in [3.05, 3.63) is 119 Å². The molecule has 0 radical (unpaired) electrons. The Balaban J connectivity index is 1.40. The summed E-state index contributed by atoms with van der Waals surface area (Å²) in [5.74, 6) is -1.04. The van der Waals surface area contributed by atoms with Gasteiger partial charge in [0.15, 0.2) is 0 Å². The van der Waals surface area contributed by atoms with Gasteiger partial charge in [0, 0.05) is 35.8 Å². The Morgan fingerprint density at radius 3 is 2.38 bits per heavy atom. The molecule has 0 aliphatic heterocycles. The minimum absolute atomic E-state index is 0.253. The molecule has 0 aliphatic carbocycles. The number of carbonyl (C=O) groups excluding carboxylic acids is 2. The predicted octanol–water partition coefficient (Wildman–Crippen LogP) is 4.25. The largest absolute Gasteiger partial charge is 0.348 e. The zero-order valence-corrected chi connectivity index (χ0v) is 17.2. The molecule has 0 bridgehead atoms. The smallest absolute Gasteiger partial charge is 0.255 e. The lowest BCUT2D eigenvalue weighted by Crippen LogP contribution is -2.24. The number of halogens is 1. The monoisotopic (exact) mass is 428 g/mol. The molecule has 0 fully saturated rings. The fraction of sp³-hybridized carbons (Fsp3) is 0.0800. The van der Waals surface area contributed by atoms with Gasteiger partial charge in [0.1, 0.15) is 5.82 Å². The van der Waals surface area contributed by atoms with Gasteiger partial charge >= 0.3 is 0 Å². The summed E-state index contributed by atoms with van der Waals surface area (Å²) in [5.41, 5.74) is 3.29. The second-order valence-corrected chi connectivity index (χ2v) is 7.20. The number of carbonyl (C=O) groups is 2. The number of benzene rings is 3. The summed E-state index contributed by atoms with van der Waals surface area (Å²) in [6, 6.07) is 21.7. The Bertz CT molecular complexity index is 1220. The zero-order chi connectivity index (χ0) is 22.3. The van der Waals surface area contributed by atoms with E-state index in [2.05, 4.69) is 15.7 Å². The molecule has 2 amide bonds. The molecule has 0 saturated heterocycles. The fourth-order valence-corrected chi connectivity index (χ4v) is 3.27. The van der Waals surface area contributed by atoms with Crippen molar-refractivity contribution < 1.29 is 14.0 Å². The van der Waals surface area contributed by atoms with Crippen LogP contribution >= 0.6 is 0 Å². The van der Waals surface area contributed by atoms with Gasteiger partial charge < -0.3 is 10.6 Å². The molecule has 6 nitrogen and oxygen atoms in total. The predicted molar refractivity (Wildman–Crippen MR) is 120 cm³/mol. The maximum Gasteiger partial charge on any atom is 0.255 e. The molecule has 2 N–H and O–H groups in total. The zero-order valence-electron chi connectivity index (χ0n) is 17.2. The molecule has 0 spiro atoms. The van der Waals surface area contributed by atoms with Crippen molar-refractivity contribution in [2.45, 2.75) is 13.1 Å². The third kappa shape index (κ3) is 5.26. The van der Waals surface area contributed by atoms with Crippen LogP contribution in [0.4, 0.5) is 10.1 Å². The van der Waals surface area contributed by atoms with E-state index in [4.69, 9.17) is 0 Å². The van der Waals surface area contributed by atoms with Gasteiger partial charge in [-0.1, -0.05) is 30.3 Å². The van der Waals surface area contributed by atoms with E-state index in [1.807, 2.05) is 41.2 Å². The number of amides is 2. The van der Waals surface area contributed by atoms with Crippen LogP contribution in [0.25, 0.3) is 0 Å². The molecule has 0 saturated carbocycles. The van der Waals surface area contributed by atoms with Crippen molar-refractivity contribution in [1.29, 1.82) is 0 Å². The first-order valence-corrected chi connectivity index (χ1v) is 10.1. The molecule has 0 aliphatic rings. The molecule has 160 valence electrons. The van der Waals surface area contributed by atoms with Gasteiger partial charge in [-0.15, -0.1) is 0 Å². The third-order valence-corrected chi connectivity index (χ3v) is 4.94. The third-order valence-electron chi connectivity index (χ3n) is 4.94. The molecular formula is C25H21FN4O2. The van der Waals surface area contributed by atoms with Gasteiger partial charge in [-0.2, -0.15) is 5.10 Å². The Morgan fingerprint density at radius 2 is 1.62 bits per heavy atom. The number of rotatable bonds is 7. The normalized spacial score (nSPS) is 10.5. The van der Waals surface area contributed by atoms with Crippen LogP contribution in [0.5, 0.6) is 0 Å². The van der Waals surface area contributed by atoms with Crippen LogP contribution in [0.2, 0.25) is 0 Å². The number of nitrogens with one attached hydrogen (secondary N) is 2. The van der Waals surface area contributed by atoms with E-state index < -0.39 is 5.82 Å². The van der Waals surface area contributed by atoms with E-state index in [1.54, 1.807) is 30.5 Å². The van der Waals surface area contributed by atoms with E-state index in [9.17, 15) is 14.0 Å². The number of anilines is 1. The van der Waals surface area contributed by atoms with E-state index in [0.29, 0.717) is 29.9 Å². The van der Waals surface area contributed by atoms with Gasteiger partial charge in [0.2, 0.25) is 0 Å². The fourth-order valence-electron chi connectivity index (χ4n) is 3.27. The highest BCUT2D eigenvalue weighted by molar-refractivity contribution is 6.05. The van der Waals surface area contributed by atoms with Crippen LogP contribution in [0.15, 0.2) is 91.3 Å². The van der Waals surface area contributed by atoms with Crippen LogP contribution in [-0.2, 0) is 13.1 Å². The topological polar surface area (TPSA) is 76.0 Å². The lowest BCUT2D eigenvalue weighted by atomic mass is 10.1. The van der Waals surface area contributed by atoms with Crippen molar-refractivity contribution in [2.24, 2.45) is 0 Å². The van der Waals surface area contributed by atoms with Gasteiger partial charge in [-0.3, -0.25) is 14.3 Å². The van der Waals surface area contributed by atoms with Crippen molar-refractivity contribution in [3.63, 3.8) is 0 Å². The van der Waals surface area contributed by atoms with Crippen molar-refractivity contribution >= 4 is 17.5 Å². The van der Waals surface area contributed by atoms with Gasteiger partial charge in [-0.05, 0) is 59.7 Å². The van der Waals surface area contributed by atoms with Crippen molar-refractivity contribution in [3.8, 4) is 0 Å². The van der Waals surface area contributed by atoms with E-state index in [1.165, 1.54) is 24.3 Å². The Morgan fingerprint density at radius 1 is 0.844 bits per heavy atom. The maximum atomic E-state index is 13.1. The highest BCUT2D eigenvalue weighted by atomic mass is 19.1. The van der Waals surface area contributed by atoms with Crippen molar-refractivity contribution in [2.75, 3.05) is 5.32 Å².